The summed E-state index contributed by atoms with van der Waals surface area (Å²) in [4.78, 5) is 49.1. The lowest BCUT2D eigenvalue weighted by molar-refractivity contribution is -0.118. The highest BCUT2D eigenvalue weighted by Crippen LogP contribution is 2.20. The third-order valence-electron chi connectivity index (χ3n) is 4.69. The Hall–Kier alpha value is -4.72. The van der Waals surface area contributed by atoms with Gasteiger partial charge in [-0.25, -0.2) is 9.59 Å². The summed E-state index contributed by atoms with van der Waals surface area (Å²) in [5, 5.41) is 23.7. The predicted octanol–water partition coefficient (Wildman–Crippen LogP) is 4.05. The van der Waals surface area contributed by atoms with E-state index in [1.807, 2.05) is 6.92 Å². The lowest BCUT2D eigenvalue weighted by atomic mass is 10.1. The summed E-state index contributed by atoms with van der Waals surface area (Å²) in [7, 11) is 0. The van der Waals surface area contributed by atoms with Gasteiger partial charge in [0.2, 0.25) is 0 Å². The van der Waals surface area contributed by atoms with E-state index < -0.39 is 23.8 Å². The van der Waals surface area contributed by atoms with Crippen molar-refractivity contribution in [2.75, 3.05) is 10.6 Å². The van der Waals surface area contributed by atoms with E-state index in [2.05, 4.69) is 10.6 Å². The number of carboxylic acid groups (broad SMARTS) is 2. The fraction of sp³-hybridized carbons (Fsp3) is 0.0400. The summed E-state index contributed by atoms with van der Waals surface area (Å²) in [6.45, 7) is 1.89. The van der Waals surface area contributed by atoms with E-state index in [9.17, 15) is 29.4 Å². The molecule has 0 unspecified atom stereocenters. The number of carboxylic acids is 2. The quantitative estimate of drug-likeness (QED) is 0.247. The van der Waals surface area contributed by atoms with Gasteiger partial charge in [-0.05, 0) is 42.8 Å². The summed E-state index contributed by atoms with van der Waals surface area (Å²) in [5.41, 5.74) is 0.952. The van der Waals surface area contributed by atoms with Crippen LogP contribution in [-0.2, 0) is 9.59 Å². The maximum absolute atomic E-state index is 13.1. The molecule has 0 aliphatic carbocycles. The maximum atomic E-state index is 13.1. The highest BCUT2D eigenvalue weighted by atomic mass is 16.4. The molecule has 0 saturated heterocycles. The van der Waals surface area contributed by atoms with Crippen molar-refractivity contribution in [1.29, 1.82) is 0 Å². The van der Waals surface area contributed by atoms with Crippen molar-refractivity contribution >= 4 is 41.2 Å². The number of nitrogens with one attached hydrogen (secondary N) is 2. The summed E-state index contributed by atoms with van der Waals surface area (Å²) < 4.78 is 0. The zero-order chi connectivity index (χ0) is 24.0. The summed E-state index contributed by atoms with van der Waals surface area (Å²) in [5.74, 6) is -4.19. The molecule has 0 fully saturated rings. The fourth-order valence-electron chi connectivity index (χ4n) is 3.00. The van der Waals surface area contributed by atoms with Gasteiger partial charge in [0.1, 0.15) is 5.57 Å². The van der Waals surface area contributed by atoms with E-state index in [1.54, 1.807) is 36.4 Å². The Morgan fingerprint density at radius 1 is 0.667 bits per heavy atom. The van der Waals surface area contributed by atoms with Crippen LogP contribution in [0.5, 0.6) is 0 Å². The van der Waals surface area contributed by atoms with Crippen LogP contribution in [0.4, 0.5) is 11.4 Å². The minimum atomic E-state index is -1.24. The van der Waals surface area contributed by atoms with Crippen molar-refractivity contribution in [3.63, 3.8) is 0 Å². The number of para-hydroxylation sites is 2. The molecule has 0 bridgehead atoms. The van der Waals surface area contributed by atoms with Gasteiger partial charge in [0.25, 0.3) is 11.8 Å². The van der Waals surface area contributed by atoms with Crippen LogP contribution >= 0.6 is 0 Å². The topological polar surface area (TPSA) is 133 Å². The van der Waals surface area contributed by atoms with E-state index in [-0.39, 0.29) is 28.1 Å². The van der Waals surface area contributed by atoms with Crippen LogP contribution in [-0.4, -0.2) is 34.0 Å². The Kier molecular flexibility index (Phi) is 7.00. The first kappa shape index (κ1) is 23.0. The number of hydrogen-bond acceptors (Lipinski definition) is 4. The second kappa shape index (κ2) is 10.1. The normalized spacial score (nSPS) is 10.1. The molecule has 2 amide bonds. The van der Waals surface area contributed by atoms with Crippen molar-refractivity contribution < 1.29 is 29.4 Å². The average Bonchev–Trinajstić information content (AvgIpc) is 2.79. The van der Waals surface area contributed by atoms with Gasteiger partial charge >= 0.3 is 11.9 Å². The summed E-state index contributed by atoms with van der Waals surface area (Å²) >= 11 is 0. The minimum absolute atomic E-state index is 0.0172. The molecule has 0 aromatic heterocycles. The average molecular weight is 444 g/mol. The monoisotopic (exact) mass is 444 g/mol. The van der Waals surface area contributed by atoms with Crippen LogP contribution in [0.2, 0.25) is 0 Å². The third kappa shape index (κ3) is 5.71. The number of amides is 2. The molecule has 0 saturated carbocycles. The van der Waals surface area contributed by atoms with E-state index in [4.69, 9.17) is 0 Å². The number of carbonyl (C=O) groups excluding carboxylic acids is 2. The Morgan fingerprint density at radius 2 is 1.09 bits per heavy atom. The number of aromatic carboxylic acids is 2. The SMILES string of the molecule is Cc1ccc(C=C(C(=O)Nc2ccccc2C(=O)O)C(=O)Nc2ccccc2C(=O)O)cc1. The third-order valence-corrected chi connectivity index (χ3v) is 4.69. The molecule has 8 nitrogen and oxygen atoms in total. The van der Waals surface area contributed by atoms with Gasteiger partial charge in [-0.15, -0.1) is 0 Å². The number of aryl methyl sites for hydroxylation is 1. The number of anilines is 2. The molecule has 0 atom stereocenters. The Bertz CT molecular complexity index is 1190. The highest BCUT2D eigenvalue weighted by Gasteiger charge is 2.22. The highest BCUT2D eigenvalue weighted by molar-refractivity contribution is 6.29. The van der Waals surface area contributed by atoms with Gasteiger partial charge in [0.15, 0.2) is 0 Å². The molecule has 0 aliphatic heterocycles. The van der Waals surface area contributed by atoms with Crippen molar-refractivity contribution in [1.82, 2.24) is 0 Å². The van der Waals surface area contributed by atoms with Crippen LogP contribution in [0.25, 0.3) is 6.08 Å². The van der Waals surface area contributed by atoms with Crippen LogP contribution in [0.3, 0.4) is 0 Å². The Balaban J connectivity index is 1.99. The molecule has 33 heavy (non-hydrogen) atoms. The minimum Gasteiger partial charge on any atom is -0.478 e. The maximum Gasteiger partial charge on any atom is 0.337 e. The summed E-state index contributed by atoms with van der Waals surface area (Å²) in [6, 6.07) is 18.6. The number of hydrogen-bond donors (Lipinski definition) is 4. The molecule has 4 N–H and O–H groups in total. The van der Waals surface area contributed by atoms with Gasteiger partial charge < -0.3 is 20.8 Å². The molecule has 3 rings (SSSR count). The van der Waals surface area contributed by atoms with Crippen molar-refractivity contribution in [2.24, 2.45) is 0 Å². The summed E-state index contributed by atoms with van der Waals surface area (Å²) in [6.07, 6.45) is 1.34. The van der Waals surface area contributed by atoms with Gasteiger partial charge in [-0.1, -0.05) is 54.1 Å². The van der Waals surface area contributed by atoms with Gasteiger partial charge in [-0.3, -0.25) is 9.59 Å². The van der Waals surface area contributed by atoms with Crippen molar-refractivity contribution in [3.8, 4) is 0 Å². The number of benzene rings is 3. The van der Waals surface area contributed by atoms with Crippen LogP contribution in [0.1, 0.15) is 31.8 Å². The lowest BCUT2D eigenvalue weighted by Crippen LogP contribution is -2.26. The molecule has 3 aromatic carbocycles. The molecular formula is C25H20N2O6. The van der Waals surface area contributed by atoms with Crippen LogP contribution < -0.4 is 10.6 Å². The molecule has 0 heterocycles. The fourth-order valence-corrected chi connectivity index (χ4v) is 3.00. The van der Waals surface area contributed by atoms with Crippen molar-refractivity contribution in [3.05, 3.63) is 101 Å². The van der Waals surface area contributed by atoms with E-state index in [0.29, 0.717) is 5.56 Å². The lowest BCUT2D eigenvalue weighted by Gasteiger charge is -2.13. The first-order valence-electron chi connectivity index (χ1n) is 9.82. The molecule has 8 heteroatoms. The van der Waals surface area contributed by atoms with Crippen LogP contribution in [0, 0.1) is 6.92 Å². The predicted molar refractivity (Wildman–Crippen MR) is 123 cm³/mol. The zero-order valence-corrected chi connectivity index (χ0v) is 17.5. The number of carbonyl (C=O) groups is 4. The smallest absolute Gasteiger partial charge is 0.337 e. The first-order chi connectivity index (χ1) is 15.8. The Labute approximate surface area is 189 Å². The van der Waals surface area contributed by atoms with Crippen LogP contribution in [0.15, 0.2) is 78.4 Å². The largest absolute Gasteiger partial charge is 0.478 e. The molecule has 166 valence electrons. The molecular weight excluding hydrogens is 424 g/mol. The van der Waals surface area contributed by atoms with E-state index >= 15 is 0 Å². The number of rotatable bonds is 7. The van der Waals surface area contributed by atoms with E-state index in [0.717, 1.165) is 5.56 Å². The molecule has 3 aromatic rings. The molecule has 0 aliphatic rings. The van der Waals surface area contributed by atoms with Gasteiger partial charge in [-0.2, -0.15) is 0 Å². The van der Waals surface area contributed by atoms with E-state index in [1.165, 1.54) is 42.5 Å². The van der Waals surface area contributed by atoms with Gasteiger partial charge in [0, 0.05) is 0 Å². The van der Waals surface area contributed by atoms with Crippen molar-refractivity contribution in [2.45, 2.75) is 6.92 Å². The second-order valence-corrected chi connectivity index (χ2v) is 7.08. The second-order valence-electron chi connectivity index (χ2n) is 7.08. The standard InChI is InChI=1S/C25H20N2O6/c1-15-10-12-16(13-11-15)14-19(22(28)26-20-8-4-2-6-17(20)24(30)31)23(29)27-21-9-5-3-7-18(21)25(32)33/h2-14H,1H3,(H,26,28)(H,27,29)(H,30,31)(H,32,33). The zero-order valence-electron chi connectivity index (χ0n) is 17.5. The molecule has 0 spiro atoms. The van der Waals surface area contributed by atoms with Gasteiger partial charge in [0.05, 0.1) is 22.5 Å². The Morgan fingerprint density at radius 3 is 1.52 bits per heavy atom. The first-order valence-corrected chi connectivity index (χ1v) is 9.82. The molecule has 0 radical (unpaired) electrons.